The van der Waals surface area contributed by atoms with E-state index in [1.807, 2.05) is 6.07 Å². The number of amides is 2. The van der Waals surface area contributed by atoms with Crippen molar-refractivity contribution in [1.29, 1.82) is 0 Å². The molecule has 0 aliphatic heterocycles. The first-order valence-corrected chi connectivity index (χ1v) is 33.6. The van der Waals surface area contributed by atoms with E-state index in [2.05, 4.69) is 59.8 Å². The number of rotatable bonds is 47. The Kier molecular flexibility index (Phi) is 32.7. The number of ether oxygens (including phenoxy) is 2. The zero-order chi connectivity index (χ0) is 60.2. The standard InChI is InChI=1S/C64H100N8O10S2/c1-6-8-10-12-14-16-18-20-22-24-26-28-30-32-42-79-55-36-34-50(62(75)65-38-40-73)46-57(55)81-83(77)70-53-44-52(61-67-60-49-59(64(3,4)5)68-72(60)69-61)45-54(48-53)71-84(78)82-58-47-51(63(76)66-39-41-74)35-37-56(58)80-43-33-31-29-27-25-23-21-19-17-15-13-11-9-7-2/h34-37,44-49,68,70-71,73-74H,6-33,38-43H2,1-5H3,(H,65,75)(H,66,76). The van der Waals surface area contributed by atoms with Crippen LogP contribution in [0.5, 0.6) is 23.0 Å². The maximum Gasteiger partial charge on any atom is 0.316 e. The Balaban J connectivity index is 1.26. The molecule has 0 spiro atoms. The summed E-state index contributed by atoms with van der Waals surface area (Å²) in [5, 5.41) is 32.0. The second-order valence-corrected chi connectivity index (χ2v) is 24.6. The molecule has 0 fully saturated rings. The van der Waals surface area contributed by atoms with Crippen molar-refractivity contribution >= 4 is 51.4 Å². The number of anilines is 2. The third-order valence-corrected chi connectivity index (χ3v) is 16.0. The molecule has 18 nitrogen and oxygen atoms in total. The van der Waals surface area contributed by atoms with E-state index >= 15 is 0 Å². The van der Waals surface area contributed by atoms with Crippen molar-refractivity contribution in [2.75, 3.05) is 49.0 Å². The number of unbranched alkanes of at least 4 members (excludes halogenated alkanes) is 26. The Morgan fingerprint density at radius 2 is 0.905 bits per heavy atom. The van der Waals surface area contributed by atoms with Gasteiger partial charge in [0.15, 0.2) is 34.5 Å². The number of aliphatic hydroxyl groups is 2. The second-order valence-electron chi connectivity index (χ2n) is 22.9. The van der Waals surface area contributed by atoms with Crippen LogP contribution in [0, 0.1) is 0 Å². The summed E-state index contributed by atoms with van der Waals surface area (Å²) in [5.41, 5.74) is 2.67. The van der Waals surface area contributed by atoms with Gasteiger partial charge in [0.2, 0.25) is 0 Å². The largest absolute Gasteiger partial charge is 0.490 e. The van der Waals surface area contributed by atoms with Gasteiger partial charge in [0.1, 0.15) is 0 Å². The number of carbonyl (C=O) groups excluding carboxylic acids is 2. The van der Waals surface area contributed by atoms with Gasteiger partial charge in [-0.1, -0.05) is 202 Å². The van der Waals surface area contributed by atoms with Gasteiger partial charge in [0, 0.05) is 47.0 Å². The van der Waals surface area contributed by atoms with Gasteiger partial charge in [-0.3, -0.25) is 24.1 Å². The number of aliphatic hydroxyl groups excluding tert-OH is 2. The summed E-state index contributed by atoms with van der Waals surface area (Å²) in [5.74, 6) is 0.0991. The number of nitrogens with zero attached hydrogens (tertiary/aromatic N) is 3. The highest BCUT2D eigenvalue weighted by molar-refractivity contribution is 7.82. The first kappa shape index (κ1) is 69.1. The molecular formula is C64H100N8O10S2. The minimum Gasteiger partial charge on any atom is -0.490 e. The van der Waals surface area contributed by atoms with E-state index in [1.54, 1.807) is 47.1 Å². The SMILES string of the molecule is CCCCCCCCCCCCCCCCOc1ccc(C(=O)NCCO)cc1OS(=O)Nc1cc(NS(=O)Oc2cc(C(=O)NCCO)ccc2OCCCCCCCCCCCCCCCC)cc(-c2nc3cc(C(C)(C)C)[nH]n3n2)c1. The van der Waals surface area contributed by atoms with Crippen molar-refractivity contribution in [3.05, 3.63) is 77.5 Å². The van der Waals surface area contributed by atoms with Crippen LogP contribution in [0.25, 0.3) is 17.0 Å². The molecule has 0 saturated heterocycles. The molecule has 20 heteroatoms. The first-order valence-electron chi connectivity index (χ1n) is 31.5. The van der Waals surface area contributed by atoms with Crippen LogP contribution in [0.4, 0.5) is 11.4 Å². The molecule has 84 heavy (non-hydrogen) atoms. The minimum absolute atomic E-state index is 0.0462. The maximum absolute atomic E-state index is 14.1. The predicted octanol–water partition coefficient (Wildman–Crippen LogP) is 14.3. The van der Waals surface area contributed by atoms with E-state index in [1.165, 1.54) is 153 Å². The third-order valence-electron chi connectivity index (χ3n) is 14.6. The Morgan fingerprint density at radius 3 is 1.26 bits per heavy atom. The van der Waals surface area contributed by atoms with Crippen LogP contribution in [-0.4, -0.2) is 89.8 Å². The van der Waals surface area contributed by atoms with Crippen LogP contribution in [-0.2, 0) is 27.9 Å². The second kappa shape index (κ2) is 39.8. The van der Waals surface area contributed by atoms with E-state index < -0.39 is 34.3 Å². The molecule has 0 aliphatic rings. The van der Waals surface area contributed by atoms with Crippen LogP contribution in [0.3, 0.4) is 0 Å². The summed E-state index contributed by atoms with van der Waals surface area (Å²) < 4.78 is 59.9. The molecule has 0 aliphatic carbocycles. The molecule has 3 aromatic carbocycles. The van der Waals surface area contributed by atoms with Crippen LogP contribution in [0.2, 0.25) is 0 Å². The molecule has 0 saturated carbocycles. The highest BCUT2D eigenvalue weighted by Gasteiger charge is 2.22. The topological polar surface area (TPSA) is 240 Å². The lowest BCUT2D eigenvalue weighted by Crippen LogP contribution is -2.26. The molecule has 2 heterocycles. The number of nitrogens with one attached hydrogen (secondary N) is 5. The van der Waals surface area contributed by atoms with Gasteiger partial charge >= 0.3 is 22.5 Å². The number of aromatic nitrogens is 4. The van der Waals surface area contributed by atoms with E-state index in [0.29, 0.717) is 41.7 Å². The number of benzene rings is 3. The fourth-order valence-electron chi connectivity index (χ4n) is 9.72. The summed E-state index contributed by atoms with van der Waals surface area (Å²) in [4.78, 5) is 30.8. The zero-order valence-electron chi connectivity index (χ0n) is 51.1. The Hall–Kier alpha value is -5.70. The van der Waals surface area contributed by atoms with Gasteiger partial charge in [-0.15, -0.1) is 5.10 Å². The van der Waals surface area contributed by atoms with Crippen molar-refractivity contribution in [1.82, 2.24) is 30.4 Å². The predicted molar refractivity (Wildman–Crippen MR) is 340 cm³/mol. The van der Waals surface area contributed by atoms with E-state index in [-0.39, 0.29) is 65.7 Å². The maximum atomic E-state index is 14.1. The lowest BCUT2D eigenvalue weighted by atomic mass is 9.93. The number of hydrogen-bond donors (Lipinski definition) is 7. The average Bonchev–Trinajstić information content (AvgIpc) is 4.17. The lowest BCUT2D eigenvalue weighted by molar-refractivity contribution is 0.0937. The number of H-pyrrole nitrogens is 1. The Morgan fingerprint density at radius 1 is 0.524 bits per heavy atom. The molecule has 7 N–H and O–H groups in total. The van der Waals surface area contributed by atoms with Crippen molar-refractivity contribution < 1.29 is 46.1 Å². The molecule has 0 radical (unpaired) electrons. The van der Waals surface area contributed by atoms with Crippen LogP contribution >= 0.6 is 0 Å². The van der Waals surface area contributed by atoms with Gasteiger partial charge in [0.25, 0.3) is 11.8 Å². The average molecular weight is 1210 g/mol. The van der Waals surface area contributed by atoms with Gasteiger partial charge in [-0.2, -0.15) is 13.0 Å². The first-order chi connectivity index (χ1) is 40.8. The molecule has 0 bridgehead atoms. The third kappa shape index (κ3) is 26.3. The smallest absolute Gasteiger partial charge is 0.316 e. The minimum atomic E-state index is -2.30. The molecule has 5 rings (SSSR count). The highest BCUT2D eigenvalue weighted by atomic mass is 32.2. The summed E-state index contributed by atoms with van der Waals surface area (Å²) in [6.07, 6.45) is 34.4. The summed E-state index contributed by atoms with van der Waals surface area (Å²) >= 11 is -4.59. The molecule has 2 aromatic heterocycles. The zero-order valence-corrected chi connectivity index (χ0v) is 52.8. The van der Waals surface area contributed by atoms with E-state index in [4.69, 9.17) is 27.9 Å². The monoisotopic (exact) mass is 1200 g/mol. The van der Waals surface area contributed by atoms with Gasteiger partial charge < -0.3 is 38.7 Å². The molecule has 2 unspecified atom stereocenters. The summed E-state index contributed by atoms with van der Waals surface area (Å²) in [6.45, 7) is 11.1. The van der Waals surface area contributed by atoms with Gasteiger partial charge in [0.05, 0.1) is 37.8 Å². The number of carbonyl (C=O) groups is 2. The van der Waals surface area contributed by atoms with Crippen LogP contribution in [0.15, 0.2) is 60.7 Å². The molecule has 5 aromatic rings. The summed E-state index contributed by atoms with van der Waals surface area (Å²) in [7, 11) is 0. The van der Waals surface area contributed by atoms with Crippen LogP contribution in [0.1, 0.15) is 241 Å². The number of hydrogen-bond acceptors (Lipinski definition) is 12. The Labute approximate surface area is 506 Å². The van der Waals surface area contributed by atoms with Crippen molar-refractivity contribution in [3.63, 3.8) is 0 Å². The number of aromatic amines is 1. The fraction of sp³-hybridized carbons (Fsp3) is 0.625. The van der Waals surface area contributed by atoms with Crippen molar-refractivity contribution in [2.24, 2.45) is 0 Å². The fourth-order valence-corrected chi connectivity index (χ4v) is 11.0. The Bertz CT molecular complexity index is 2560. The molecule has 468 valence electrons. The van der Waals surface area contributed by atoms with Gasteiger partial charge in [-0.25, -0.2) is 4.98 Å². The van der Waals surface area contributed by atoms with E-state index in [9.17, 15) is 28.2 Å². The lowest BCUT2D eigenvalue weighted by Gasteiger charge is -2.16. The number of fused-ring (bicyclic) bond motifs is 1. The molecule has 2 atom stereocenters. The molecular weight excluding hydrogens is 1100 g/mol. The highest BCUT2D eigenvalue weighted by Crippen LogP contribution is 2.34. The van der Waals surface area contributed by atoms with Crippen molar-refractivity contribution in [2.45, 2.75) is 220 Å². The van der Waals surface area contributed by atoms with Crippen LogP contribution < -0.4 is 37.9 Å². The molecule has 2 amide bonds. The van der Waals surface area contributed by atoms with Crippen molar-refractivity contribution in [3.8, 4) is 34.4 Å². The quantitative estimate of drug-likeness (QED) is 0.0180. The normalized spacial score (nSPS) is 12.3. The van der Waals surface area contributed by atoms with Gasteiger partial charge in [-0.05, 0) is 67.4 Å². The van der Waals surface area contributed by atoms with E-state index in [0.717, 1.165) is 44.2 Å². The summed E-state index contributed by atoms with van der Waals surface area (Å²) in [6, 6.07) is 16.1.